The third kappa shape index (κ3) is 2.98. The van der Waals surface area contributed by atoms with E-state index in [1.807, 2.05) is 28.9 Å². The van der Waals surface area contributed by atoms with Crippen LogP contribution in [-0.2, 0) is 12.8 Å². The van der Waals surface area contributed by atoms with Crippen LogP contribution in [0.1, 0.15) is 43.4 Å². The van der Waals surface area contributed by atoms with Crippen LogP contribution in [0, 0.1) is 11.8 Å². The molecule has 0 saturated heterocycles. The fourth-order valence-electron chi connectivity index (χ4n) is 4.84. The Hall–Kier alpha value is -2.27. The van der Waals surface area contributed by atoms with Gasteiger partial charge in [0.05, 0.1) is 18.3 Å². The van der Waals surface area contributed by atoms with Crippen LogP contribution in [0.4, 0.5) is 5.82 Å². The highest BCUT2D eigenvalue weighted by atomic mass is 35.5. The van der Waals surface area contributed by atoms with Gasteiger partial charge in [-0.3, -0.25) is 0 Å². The number of anilines is 1. The number of ether oxygens (including phenoxy) is 1. The first-order valence-electron chi connectivity index (χ1n) is 10.7. The van der Waals surface area contributed by atoms with Gasteiger partial charge in [0.25, 0.3) is 0 Å². The Balaban J connectivity index is 1.48. The van der Waals surface area contributed by atoms with Crippen molar-refractivity contribution >= 4 is 23.1 Å². The number of methoxy groups -OCH3 is 1. The number of nitrogens with zero attached hydrogens (tertiary/aromatic N) is 3. The van der Waals surface area contributed by atoms with Crippen molar-refractivity contribution in [1.82, 2.24) is 14.6 Å². The molecule has 6 rings (SSSR count). The minimum absolute atomic E-state index is 0.586. The summed E-state index contributed by atoms with van der Waals surface area (Å²) in [6.45, 7) is 0. The average molecular weight is 409 g/mol. The van der Waals surface area contributed by atoms with E-state index >= 15 is 0 Å². The zero-order valence-electron chi connectivity index (χ0n) is 16.6. The number of hydrogen-bond acceptors (Lipinski definition) is 4. The summed E-state index contributed by atoms with van der Waals surface area (Å²) in [6, 6.07) is 6.37. The van der Waals surface area contributed by atoms with Crippen molar-refractivity contribution < 1.29 is 4.74 Å². The highest BCUT2D eigenvalue weighted by Crippen LogP contribution is 2.47. The van der Waals surface area contributed by atoms with Gasteiger partial charge in [0.1, 0.15) is 11.6 Å². The molecule has 2 saturated carbocycles. The van der Waals surface area contributed by atoms with Gasteiger partial charge in [-0.15, -0.1) is 0 Å². The number of fused-ring (bicyclic) bond motifs is 2. The van der Waals surface area contributed by atoms with Gasteiger partial charge in [-0.2, -0.15) is 9.61 Å². The Morgan fingerprint density at radius 3 is 2.62 bits per heavy atom. The average Bonchev–Trinajstić information content (AvgIpc) is 3.66. The zero-order valence-corrected chi connectivity index (χ0v) is 17.4. The monoisotopic (exact) mass is 408 g/mol. The number of aryl methyl sites for hydroxylation is 1. The highest BCUT2D eigenvalue weighted by Gasteiger charge is 2.42. The molecular weight excluding hydrogens is 384 g/mol. The minimum Gasteiger partial charge on any atom is -0.497 e. The largest absolute Gasteiger partial charge is 0.497 e. The first-order chi connectivity index (χ1) is 14.2. The fraction of sp³-hybridized carbons (Fsp3) is 0.478. The summed E-state index contributed by atoms with van der Waals surface area (Å²) in [5, 5.41) is 9.38. The first-order valence-corrected chi connectivity index (χ1v) is 11.1. The molecule has 0 spiro atoms. The molecule has 0 radical (unpaired) electrons. The molecule has 6 heteroatoms. The number of nitrogens with one attached hydrogen (secondary N) is 1. The lowest BCUT2D eigenvalue weighted by Gasteiger charge is -2.22. The van der Waals surface area contributed by atoms with Crippen molar-refractivity contribution in [2.45, 2.75) is 51.0 Å². The molecule has 2 fully saturated rings. The molecule has 3 aromatic rings. The van der Waals surface area contributed by atoms with Crippen LogP contribution in [0.25, 0.3) is 16.8 Å². The number of rotatable bonds is 6. The van der Waals surface area contributed by atoms with Gasteiger partial charge in [-0.1, -0.05) is 11.6 Å². The highest BCUT2D eigenvalue weighted by molar-refractivity contribution is 6.33. The summed E-state index contributed by atoms with van der Waals surface area (Å²) in [6.07, 6.45) is 10.6. The Bertz CT molecular complexity index is 1090. The summed E-state index contributed by atoms with van der Waals surface area (Å²) >= 11 is 6.58. The third-order valence-corrected chi connectivity index (χ3v) is 7.01. The van der Waals surface area contributed by atoms with E-state index in [2.05, 4.69) is 5.32 Å². The Kier molecular flexibility index (Phi) is 4.02. The van der Waals surface area contributed by atoms with Gasteiger partial charge in [-0.05, 0) is 75.0 Å². The van der Waals surface area contributed by atoms with Crippen LogP contribution in [0.3, 0.4) is 0 Å². The normalized spacial score (nSPS) is 18.4. The van der Waals surface area contributed by atoms with Crippen LogP contribution >= 0.6 is 11.6 Å². The molecule has 0 atom stereocenters. The van der Waals surface area contributed by atoms with Gasteiger partial charge in [0.15, 0.2) is 5.65 Å². The minimum atomic E-state index is 0.586. The smallest absolute Gasteiger partial charge is 0.165 e. The second-order valence-electron chi connectivity index (χ2n) is 8.72. The van der Waals surface area contributed by atoms with Crippen LogP contribution in [0.5, 0.6) is 5.75 Å². The van der Waals surface area contributed by atoms with Crippen LogP contribution in [0.2, 0.25) is 5.02 Å². The molecule has 2 heterocycles. The van der Waals surface area contributed by atoms with Crippen molar-refractivity contribution in [3.63, 3.8) is 0 Å². The van der Waals surface area contributed by atoms with Crippen molar-refractivity contribution in [2.24, 2.45) is 11.8 Å². The number of halogens is 1. The molecule has 3 aliphatic carbocycles. The van der Waals surface area contributed by atoms with E-state index in [9.17, 15) is 0 Å². The second-order valence-corrected chi connectivity index (χ2v) is 9.13. The molecule has 0 bridgehead atoms. The Morgan fingerprint density at radius 2 is 1.93 bits per heavy atom. The summed E-state index contributed by atoms with van der Waals surface area (Å²) in [7, 11) is 1.65. The van der Waals surface area contributed by atoms with Gasteiger partial charge in [0, 0.05) is 28.4 Å². The fourth-order valence-corrected chi connectivity index (χ4v) is 5.12. The molecule has 0 unspecified atom stereocenters. The standard InChI is InChI=1S/C23H25ClN4O/c1-29-15-9-10-16(19(24)11-15)18-12-25-28-22(17-3-2-4-20(17)26-23(18)28)27-21(13-5-6-13)14-7-8-14/h9-14,21,27H,2-8H2,1H3. The second kappa shape index (κ2) is 6.63. The lowest BCUT2D eigenvalue weighted by atomic mass is 10.1. The SMILES string of the molecule is COc1ccc(-c2cnn3c(NC(C4CC4)C4CC4)c4c(nc23)CCC4)c(Cl)c1. The van der Waals surface area contributed by atoms with E-state index in [1.54, 1.807) is 7.11 Å². The van der Waals surface area contributed by atoms with Crippen LogP contribution < -0.4 is 10.1 Å². The lowest BCUT2D eigenvalue weighted by Crippen LogP contribution is -2.26. The predicted octanol–water partition coefficient (Wildman–Crippen LogP) is 5.15. The van der Waals surface area contributed by atoms with Gasteiger partial charge in [-0.25, -0.2) is 4.98 Å². The summed E-state index contributed by atoms with van der Waals surface area (Å²) in [5.41, 5.74) is 5.39. The lowest BCUT2D eigenvalue weighted by molar-refractivity contribution is 0.415. The number of aromatic nitrogens is 3. The summed E-state index contributed by atoms with van der Waals surface area (Å²) in [4.78, 5) is 5.04. The van der Waals surface area contributed by atoms with Gasteiger partial charge >= 0.3 is 0 Å². The molecule has 29 heavy (non-hydrogen) atoms. The maximum atomic E-state index is 6.58. The predicted molar refractivity (Wildman–Crippen MR) is 115 cm³/mol. The number of hydrogen-bond donors (Lipinski definition) is 1. The zero-order chi connectivity index (χ0) is 19.5. The molecule has 1 N–H and O–H groups in total. The molecule has 5 nitrogen and oxygen atoms in total. The first kappa shape index (κ1) is 17.6. The maximum absolute atomic E-state index is 6.58. The molecule has 0 aliphatic heterocycles. The van der Waals surface area contributed by atoms with Crippen molar-refractivity contribution in [2.75, 3.05) is 12.4 Å². The third-order valence-electron chi connectivity index (χ3n) is 6.70. The van der Waals surface area contributed by atoms with E-state index < -0.39 is 0 Å². The van der Waals surface area contributed by atoms with E-state index in [0.29, 0.717) is 11.1 Å². The van der Waals surface area contributed by atoms with Crippen molar-refractivity contribution in [3.05, 3.63) is 40.7 Å². The van der Waals surface area contributed by atoms with Crippen molar-refractivity contribution in [3.8, 4) is 16.9 Å². The van der Waals surface area contributed by atoms with E-state index in [1.165, 1.54) is 49.2 Å². The summed E-state index contributed by atoms with van der Waals surface area (Å²) < 4.78 is 7.33. The van der Waals surface area contributed by atoms with Gasteiger partial charge in [0.2, 0.25) is 0 Å². The van der Waals surface area contributed by atoms with E-state index in [-0.39, 0.29) is 0 Å². The Morgan fingerprint density at radius 1 is 1.14 bits per heavy atom. The van der Waals surface area contributed by atoms with E-state index in [0.717, 1.165) is 47.2 Å². The molecule has 0 amide bonds. The maximum Gasteiger partial charge on any atom is 0.165 e. The molecule has 2 aromatic heterocycles. The molecule has 3 aliphatic rings. The number of benzene rings is 1. The molecule has 150 valence electrons. The van der Waals surface area contributed by atoms with Crippen LogP contribution in [0.15, 0.2) is 24.4 Å². The molecular formula is C23H25ClN4O. The summed E-state index contributed by atoms with van der Waals surface area (Å²) in [5.74, 6) is 3.58. The van der Waals surface area contributed by atoms with Crippen molar-refractivity contribution in [1.29, 1.82) is 0 Å². The van der Waals surface area contributed by atoms with Crippen LogP contribution in [-0.4, -0.2) is 27.7 Å². The quantitative estimate of drug-likeness (QED) is 0.613. The van der Waals surface area contributed by atoms with E-state index in [4.69, 9.17) is 26.4 Å². The topological polar surface area (TPSA) is 51.5 Å². The molecule has 1 aromatic carbocycles. The van der Waals surface area contributed by atoms with Gasteiger partial charge < -0.3 is 10.1 Å². The Labute approximate surface area is 175 Å².